The van der Waals surface area contributed by atoms with E-state index >= 15 is 0 Å². The van der Waals surface area contributed by atoms with Gasteiger partial charge in [-0.1, -0.05) is 0 Å². The Labute approximate surface area is 149 Å². The van der Waals surface area contributed by atoms with Crippen LogP contribution in [0.15, 0.2) is 29.3 Å². The van der Waals surface area contributed by atoms with Crippen molar-refractivity contribution >= 4 is 29.9 Å². The Bertz CT molecular complexity index is 461. The molecule has 124 valence electrons. The van der Waals surface area contributed by atoms with E-state index in [-0.39, 0.29) is 30.1 Å². The zero-order valence-electron chi connectivity index (χ0n) is 13.5. The normalized spacial score (nSPS) is 15.5. The predicted octanol–water partition coefficient (Wildman–Crippen LogP) is 2.66. The lowest BCUT2D eigenvalue weighted by atomic mass is 10.3. The summed E-state index contributed by atoms with van der Waals surface area (Å²) in [5.74, 6) is 3.34. The molecule has 1 aliphatic carbocycles. The average Bonchev–Trinajstić information content (AvgIpc) is 3.32. The third-order valence-electron chi connectivity index (χ3n) is 3.43. The molecule has 1 atom stereocenters. The van der Waals surface area contributed by atoms with Crippen LogP contribution in [-0.2, 0) is 0 Å². The first-order valence-corrected chi connectivity index (χ1v) is 7.46. The van der Waals surface area contributed by atoms with Crippen LogP contribution in [0.5, 0.6) is 11.5 Å². The fraction of sp³-hybridized carbons (Fsp3) is 0.562. The Kier molecular flexibility index (Phi) is 8.37. The van der Waals surface area contributed by atoms with Crippen molar-refractivity contribution in [3.63, 3.8) is 0 Å². The van der Waals surface area contributed by atoms with Crippen LogP contribution < -0.4 is 20.1 Å². The molecule has 0 saturated heterocycles. The van der Waals surface area contributed by atoms with Crippen molar-refractivity contribution in [1.29, 1.82) is 0 Å². The highest BCUT2D eigenvalue weighted by Gasteiger charge is 2.21. The number of hydrogen-bond acceptors (Lipinski definition) is 3. The number of nitrogens with one attached hydrogen (secondary N) is 2. The first kappa shape index (κ1) is 18.9. The summed E-state index contributed by atoms with van der Waals surface area (Å²) in [5, 5.41) is 6.62. The number of methoxy groups -OCH3 is 1. The molecule has 6 heteroatoms. The number of ether oxygens (including phenoxy) is 2. The molecule has 0 aromatic heterocycles. The molecule has 5 nitrogen and oxygen atoms in total. The summed E-state index contributed by atoms with van der Waals surface area (Å²) >= 11 is 0. The van der Waals surface area contributed by atoms with Crippen molar-refractivity contribution in [2.45, 2.75) is 25.9 Å². The van der Waals surface area contributed by atoms with E-state index in [4.69, 9.17) is 9.47 Å². The van der Waals surface area contributed by atoms with E-state index in [0.717, 1.165) is 29.9 Å². The van der Waals surface area contributed by atoms with E-state index in [0.29, 0.717) is 6.54 Å². The van der Waals surface area contributed by atoms with Gasteiger partial charge in [-0.25, -0.2) is 0 Å². The molecule has 1 aliphatic rings. The number of nitrogens with zero attached hydrogens (tertiary/aromatic N) is 1. The van der Waals surface area contributed by atoms with Gasteiger partial charge in [-0.15, -0.1) is 24.0 Å². The van der Waals surface area contributed by atoms with Gasteiger partial charge in [-0.05, 0) is 49.9 Å². The molecule has 0 radical (unpaired) electrons. The smallest absolute Gasteiger partial charge is 0.191 e. The van der Waals surface area contributed by atoms with Gasteiger partial charge in [0.2, 0.25) is 0 Å². The quantitative estimate of drug-likeness (QED) is 0.406. The Morgan fingerprint density at radius 3 is 2.41 bits per heavy atom. The maximum atomic E-state index is 5.85. The van der Waals surface area contributed by atoms with Crippen LogP contribution in [0.2, 0.25) is 0 Å². The molecule has 1 fully saturated rings. The molecule has 1 unspecified atom stereocenters. The van der Waals surface area contributed by atoms with Gasteiger partial charge < -0.3 is 20.1 Å². The van der Waals surface area contributed by atoms with Crippen LogP contribution >= 0.6 is 24.0 Å². The number of benzene rings is 1. The molecule has 0 heterocycles. The maximum Gasteiger partial charge on any atom is 0.191 e. The summed E-state index contributed by atoms with van der Waals surface area (Å²) in [6.07, 6.45) is 2.72. The number of hydrogen-bond donors (Lipinski definition) is 2. The highest BCUT2D eigenvalue weighted by atomic mass is 127. The fourth-order valence-corrected chi connectivity index (χ4v) is 1.95. The second kappa shape index (κ2) is 9.76. The van der Waals surface area contributed by atoms with E-state index in [9.17, 15) is 0 Å². The van der Waals surface area contributed by atoms with Crippen molar-refractivity contribution in [3.8, 4) is 11.5 Å². The van der Waals surface area contributed by atoms with Gasteiger partial charge in [0.1, 0.15) is 17.6 Å². The number of aliphatic imine (C=N–C) groups is 1. The average molecular weight is 419 g/mol. The molecule has 1 saturated carbocycles. The first-order chi connectivity index (χ1) is 10.2. The second-order valence-corrected chi connectivity index (χ2v) is 5.38. The third kappa shape index (κ3) is 6.72. The van der Waals surface area contributed by atoms with E-state index < -0.39 is 0 Å². The molecule has 0 bridgehead atoms. The lowest BCUT2D eigenvalue weighted by Gasteiger charge is -2.17. The number of guanidine groups is 1. The molecule has 22 heavy (non-hydrogen) atoms. The summed E-state index contributed by atoms with van der Waals surface area (Å²) in [5.41, 5.74) is 0. The van der Waals surface area contributed by atoms with Gasteiger partial charge >= 0.3 is 0 Å². The SMILES string of the molecule is CN=C(NCC1CC1)NCC(C)Oc1ccc(OC)cc1.I. The number of halogens is 1. The van der Waals surface area contributed by atoms with Crippen molar-refractivity contribution < 1.29 is 9.47 Å². The van der Waals surface area contributed by atoms with Crippen molar-refractivity contribution in [1.82, 2.24) is 10.6 Å². The minimum atomic E-state index is 0. The Hall–Kier alpha value is -1.18. The van der Waals surface area contributed by atoms with E-state index in [1.807, 2.05) is 31.2 Å². The number of rotatable bonds is 7. The van der Waals surface area contributed by atoms with Crippen LogP contribution in [0.3, 0.4) is 0 Å². The monoisotopic (exact) mass is 419 g/mol. The molecule has 2 N–H and O–H groups in total. The lowest BCUT2D eigenvalue weighted by Crippen LogP contribution is -2.42. The van der Waals surface area contributed by atoms with Crippen LogP contribution in [0.4, 0.5) is 0 Å². The van der Waals surface area contributed by atoms with Crippen molar-refractivity contribution in [3.05, 3.63) is 24.3 Å². The first-order valence-electron chi connectivity index (χ1n) is 7.46. The second-order valence-electron chi connectivity index (χ2n) is 5.38. The lowest BCUT2D eigenvalue weighted by molar-refractivity contribution is 0.223. The molecule has 0 spiro atoms. The van der Waals surface area contributed by atoms with E-state index in [1.54, 1.807) is 14.2 Å². The Morgan fingerprint density at radius 2 is 1.86 bits per heavy atom. The Balaban J connectivity index is 0.00000242. The molecular formula is C16H26IN3O2. The van der Waals surface area contributed by atoms with Gasteiger partial charge in [0, 0.05) is 13.6 Å². The van der Waals surface area contributed by atoms with E-state index in [1.165, 1.54) is 12.8 Å². The summed E-state index contributed by atoms with van der Waals surface area (Å²) in [6, 6.07) is 7.61. The fourth-order valence-electron chi connectivity index (χ4n) is 1.95. The zero-order chi connectivity index (χ0) is 15.1. The van der Waals surface area contributed by atoms with Crippen LogP contribution in [0.25, 0.3) is 0 Å². The molecule has 2 rings (SSSR count). The third-order valence-corrected chi connectivity index (χ3v) is 3.43. The topological polar surface area (TPSA) is 54.9 Å². The highest BCUT2D eigenvalue weighted by Crippen LogP contribution is 2.27. The summed E-state index contributed by atoms with van der Waals surface area (Å²) < 4.78 is 11.0. The van der Waals surface area contributed by atoms with Crippen LogP contribution in [0.1, 0.15) is 19.8 Å². The summed E-state index contributed by atoms with van der Waals surface area (Å²) in [4.78, 5) is 4.21. The zero-order valence-corrected chi connectivity index (χ0v) is 15.8. The molecule has 0 amide bonds. The minimum Gasteiger partial charge on any atom is -0.497 e. The molecule has 0 aliphatic heterocycles. The maximum absolute atomic E-state index is 5.85. The van der Waals surface area contributed by atoms with Crippen LogP contribution in [0, 0.1) is 5.92 Å². The summed E-state index contributed by atoms with van der Waals surface area (Å²) in [6.45, 7) is 3.75. The molecule has 1 aromatic carbocycles. The molecular weight excluding hydrogens is 393 g/mol. The predicted molar refractivity (Wildman–Crippen MR) is 101 cm³/mol. The van der Waals surface area contributed by atoms with E-state index in [2.05, 4.69) is 15.6 Å². The highest BCUT2D eigenvalue weighted by molar-refractivity contribution is 14.0. The van der Waals surface area contributed by atoms with Crippen molar-refractivity contribution in [2.75, 3.05) is 27.2 Å². The van der Waals surface area contributed by atoms with Crippen molar-refractivity contribution in [2.24, 2.45) is 10.9 Å². The standard InChI is InChI=1S/C16H25N3O2.HI/c1-12(21-15-8-6-14(20-3)7-9-15)10-18-16(17-2)19-11-13-4-5-13;/h6-9,12-13H,4-5,10-11H2,1-3H3,(H2,17,18,19);1H. The Morgan fingerprint density at radius 1 is 1.23 bits per heavy atom. The van der Waals surface area contributed by atoms with Gasteiger partial charge in [-0.2, -0.15) is 0 Å². The van der Waals surface area contributed by atoms with Gasteiger partial charge in [0.15, 0.2) is 5.96 Å². The molecule has 1 aromatic rings. The van der Waals surface area contributed by atoms with Crippen LogP contribution in [-0.4, -0.2) is 39.3 Å². The summed E-state index contributed by atoms with van der Waals surface area (Å²) in [7, 11) is 3.44. The minimum absolute atomic E-state index is 0. The van der Waals surface area contributed by atoms with Gasteiger partial charge in [0.25, 0.3) is 0 Å². The largest absolute Gasteiger partial charge is 0.497 e. The van der Waals surface area contributed by atoms with Gasteiger partial charge in [-0.3, -0.25) is 4.99 Å². The van der Waals surface area contributed by atoms with Gasteiger partial charge in [0.05, 0.1) is 13.7 Å².